The highest BCUT2D eigenvalue weighted by Crippen LogP contribution is 2.30. The molecule has 9 heteroatoms. The number of rotatable bonds is 5. The first-order valence-corrected chi connectivity index (χ1v) is 12.4. The fourth-order valence-electron chi connectivity index (χ4n) is 3.86. The van der Waals surface area contributed by atoms with Crippen LogP contribution in [-0.4, -0.2) is 60.0 Å². The minimum atomic E-state index is -2.87. The number of carbonyl (C=O) groups excluding carboxylic acids is 1. The summed E-state index contributed by atoms with van der Waals surface area (Å²) < 4.78 is 23.2. The lowest BCUT2D eigenvalue weighted by atomic mass is 10.0. The molecule has 0 radical (unpaired) electrons. The van der Waals surface area contributed by atoms with Gasteiger partial charge in [-0.2, -0.15) is 0 Å². The number of nitrogens with zero attached hydrogens (tertiary/aromatic N) is 2. The predicted molar refractivity (Wildman–Crippen MR) is 121 cm³/mol. The van der Waals surface area contributed by atoms with Crippen molar-refractivity contribution in [1.82, 2.24) is 20.2 Å². The molecule has 3 heterocycles. The molecule has 2 aromatic heterocycles. The first-order valence-electron chi connectivity index (χ1n) is 10.5. The number of carbonyl (C=O) groups is 1. The molecule has 1 aliphatic heterocycles. The van der Waals surface area contributed by atoms with E-state index in [0.29, 0.717) is 18.9 Å². The van der Waals surface area contributed by atoms with Gasteiger partial charge in [-0.15, -0.1) is 0 Å². The lowest BCUT2D eigenvalue weighted by molar-refractivity contribution is 0.251. The van der Waals surface area contributed by atoms with Crippen molar-refractivity contribution in [3.63, 3.8) is 0 Å². The van der Waals surface area contributed by atoms with Crippen LogP contribution < -0.4 is 10.6 Å². The predicted octanol–water partition coefficient (Wildman–Crippen LogP) is 2.74. The van der Waals surface area contributed by atoms with Gasteiger partial charge in [0, 0.05) is 37.3 Å². The number of hydrogen-bond acceptors (Lipinski definition) is 5. The van der Waals surface area contributed by atoms with E-state index in [-0.39, 0.29) is 23.6 Å². The molecule has 3 aromatic rings. The number of H-pyrrole nitrogens is 1. The van der Waals surface area contributed by atoms with Crippen LogP contribution in [0.3, 0.4) is 0 Å². The maximum atomic E-state index is 12.1. The van der Waals surface area contributed by atoms with Crippen molar-refractivity contribution >= 4 is 32.7 Å². The molecule has 1 saturated carbocycles. The molecule has 0 spiro atoms. The van der Waals surface area contributed by atoms with E-state index in [9.17, 15) is 13.2 Å². The molecule has 0 unspecified atom stereocenters. The van der Waals surface area contributed by atoms with Crippen molar-refractivity contribution in [1.29, 1.82) is 0 Å². The fourth-order valence-corrected chi connectivity index (χ4v) is 5.14. The average Bonchev–Trinajstić information content (AvgIpc) is 3.42. The first-order chi connectivity index (χ1) is 14.9. The van der Waals surface area contributed by atoms with Gasteiger partial charge in [0.15, 0.2) is 9.84 Å². The normalized spacial score (nSPS) is 18.7. The van der Waals surface area contributed by atoms with Gasteiger partial charge in [0.25, 0.3) is 0 Å². The van der Waals surface area contributed by atoms with E-state index >= 15 is 0 Å². The molecule has 8 nitrogen and oxygen atoms in total. The Hall–Kier alpha value is -2.91. The van der Waals surface area contributed by atoms with Gasteiger partial charge in [0.2, 0.25) is 0 Å². The number of sulfone groups is 1. The molecule has 162 valence electrons. The summed E-state index contributed by atoms with van der Waals surface area (Å²) in [5.41, 5.74) is 3.88. The second-order valence-corrected chi connectivity index (χ2v) is 10.6. The number of amides is 2. The Morgan fingerprint density at radius 3 is 2.58 bits per heavy atom. The van der Waals surface area contributed by atoms with Gasteiger partial charge in [-0.05, 0) is 41.7 Å². The zero-order valence-corrected chi connectivity index (χ0v) is 17.9. The molecule has 1 aliphatic carbocycles. The molecule has 3 N–H and O–H groups in total. The van der Waals surface area contributed by atoms with Crippen molar-refractivity contribution < 1.29 is 13.2 Å². The van der Waals surface area contributed by atoms with Crippen LogP contribution in [0.4, 0.5) is 10.6 Å². The smallest absolute Gasteiger partial charge is 0.320 e. The Labute approximate surface area is 181 Å². The van der Waals surface area contributed by atoms with Gasteiger partial charge in [-0.1, -0.05) is 24.3 Å². The second kappa shape index (κ2) is 7.97. The number of anilines is 1. The van der Waals surface area contributed by atoms with Crippen LogP contribution in [0.2, 0.25) is 0 Å². The Morgan fingerprint density at radius 1 is 1.13 bits per heavy atom. The minimum absolute atomic E-state index is 0.231. The molecule has 2 fully saturated rings. The molecule has 0 bridgehead atoms. The summed E-state index contributed by atoms with van der Waals surface area (Å²) in [5.74, 6) is 0.969. The van der Waals surface area contributed by atoms with Crippen LogP contribution in [0, 0.1) is 0 Å². The number of pyridine rings is 1. The van der Waals surface area contributed by atoms with Gasteiger partial charge in [-0.25, -0.2) is 18.2 Å². The summed E-state index contributed by atoms with van der Waals surface area (Å²) in [6.45, 7) is 1.90. The SMILES string of the molecule is O=C(Nc1cc(-c2ccc(CN3CCS(=O)(=O)CC3)cc2)c2cc[nH]c2n1)NC1CC1. The van der Waals surface area contributed by atoms with Crippen LogP contribution in [0.25, 0.3) is 22.2 Å². The summed E-state index contributed by atoms with van der Waals surface area (Å²) >= 11 is 0. The third kappa shape index (κ3) is 4.72. The summed E-state index contributed by atoms with van der Waals surface area (Å²) in [5, 5.41) is 6.74. The Morgan fingerprint density at radius 2 is 1.87 bits per heavy atom. The van der Waals surface area contributed by atoms with Gasteiger partial charge < -0.3 is 10.3 Å². The van der Waals surface area contributed by atoms with Crippen molar-refractivity contribution in [3.8, 4) is 11.1 Å². The van der Waals surface area contributed by atoms with Gasteiger partial charge in [0.1, 0.15) is 11.5 Å². The van der Waals surface area contributed by atoms with Crippen LogP contribution >= 0.6 is 0 Å². The molecular weight excluding hydrogens is 414 g/mol. The highest BCUT2D eigenvalue weighted by Gasteiger charge is 2.24. The topological polar surface area (TPSA) is 107 Å². The van der Waals surface area contributed by atoms with Crippen LogP contribution in [-0.2, 0) is 16.4 Å². The van der Waals surface area contributed by atoms with E-state index in [1.807, 2.05) is 18.3 Å². The van der Waals surface area contributed by atoms with E-state index in [0.717, 1.165) is 47.1 Å². The molecule has 1 aromatic carbocycles. The lowest BCUT2D eigenvalue weighted by Gasteiger charge is -2.26. The minimum Gasteiger partial charge on any atom is -0.346 e. The van der Waals surface area contributed by atoms with Crippen molar-refractivity contribution in [2.75, 3.05) is 29.9 Å². The third-order valence-electron chi connectivity index (χ3n) is 5.79. The fraction of sp³-hybridized carbons (Fsp3) is 0.364. The van der Waals surface area contributed by atoms with E-state index in [1.165, 1.54) is 0 Å². The van der Waals surface area contributed by atoms with Crippen LogP contribution in [0.1, 0.15) is 18.4 Å². The molecule has 1 saturated heterocycles. The molecule has 0 atom stereocenters. The molecular formula is C22H25N5O3S. The van der Waals surface area contributed by atoms with Crippen molar-refractivity contribution in [2.24, 2.45) is 0 Å². The van der Waals surface area contributed by atoms with Gasteiger partial charge in [0.05, 0.1) is 11.5 Å². The maximum Gasteiger partial charge on any atom is 0.320 e. The maximum absolute atomic E-state index is 12.1. The van der Waals surface area contributed by atoms with Crippen molar-refractivity contribution in [2.45, 2.75) is 25.4 Å². The monoisotopic (exact) mass is 439 g/mol. The summed E-state index contributed by atoms with van der Waals surface area (Å²) in [4.78, 5) is 22.0. The molecule has 5 rings (SSSR count). The quantitative estimate of drug-likeness (QED) is 0.567. The number of urea groups is 1. The van der Waals surface area contributed by atoms with Crippen LogP contribution in [0.15, 0.2) is 42.6 Å². The summed E-state index contributed by atoms with van der Waals surface area (Å²) in [6, 6.07) is 12.2. The van der Waals surface area contributed by atoms with Crippen molar-refractivity contribution in [3.05, 3.63) is 48.2 Å². The number of aromatic amines is 1. The number of benzene rings is 1. The van der Waals surface area contributed by atoms with E-state index in [2.05, 4.69) is 49.8 Å². The third-order valence-corrected chi connectivity index (χ3v) is 7.40. The zero-order valence-electron chi connectivity index (χ0n) is 17.1. The van der Waals surface area contributed by atoms with Crippen LogP contribution in [0.5, 0.6) is 0 Å². The highest BCUT2D eigenvalue weighted by molar-refractivity contribution is 7.91. The largest absolute Gasteiger partial charge is 0.346 e. The summed E-state index contributed by atoms with van der Waals surface area (Å²) in [6.07, 6.45) is 3.90. The van der Waals surface area contributed by atoms with Gasteiger partial charge in [-0.3, -0.25) is 10.2 Å². The number of nitrogens with one attached hydrogen (secondary N) is 3. The Bertz CT molecular complexity index is 1200. The Balaban J connectivity index is 1.34. The molecule has 2 amide bonds. The number of hydrogen-bond donors (Lipinski definition) is 3. The van der Waals surface area contributed by atoms with E-state index in [1.54, 1.807) is 0 Å². The van der Waals surface area contributed by atoms with Gasteiger partial charge >= 0.3 is 6.03 Å². The summed E-state index contributed by atoms with van der Waals surface area (Å²) in [7, 11) is -2.87. The number of aromatic nitrogens is 2. The Kier molecular flexibility index (Phi) is 5.15. The lowest BCUT2D eigenvalue weighted by Crippen LogP contribution is -2.39. The molecule has 2 aliphatic rings. The number of fused-ring (bicyclic) bond motifs is 1. The second-order valence-electron chi connectivity index (χ2n) is 8.29. The standard InChI is InChI=1S/C22H25N5O3S/c28-22(24-17-5-6-17)26-20-13-19(18-7-8-23-21(18)25-20)16-3-1-15(2-4-16)14-27-9-11-31(29,30)12-10-27/h1-4,7-8,13,17H,5-6,9-12,14H2,(H3,23,24,25,26,28). The average molecular weight is 440 g/mol. The highest BCUT2D eigenvalue weighted by atomic mass is 32.2. The molecule has 31 heavy (non-hydrogen) atoms. The van der Waals surface area contributed by atoms with E-state index in [4.69, 9.17) is 0 Å². The first kappa shape index (κ1) is 20.0. The van der Waals surface area contributed by atoms with E-state index < -0.39 is 9.84 Å². The zero-order chi connectivity index (χ0) is 21.4.